The second kappa shape index (κ2) is 4.50. The largest absolute Gasteiger partial charge is 0.304 e. The molecule has 0 aromatic heterocycles. The lowest BCUT2D eigenvalue weighted by molar-refractivity contribution is -0.121. The fraction of sp³-hybridized carbons (Fsp3) is 0.357. The highest BCUT2D eigenvalue weighted by molar-refractivity contribution is 6.44. The minimum Gasteiger partial charge on any atom is -0.304 e. The molecule has 1 N–H and O–H groups in total. The van der Waals surface area contributed by atoms with Gasteiger partial charge in [0, 0.05) is 24.6 Å². The van der Waals surface area contributed by atoms with Crippen LogP contribution in [0, 0.1) is 0 Å². The second-order valence-corrected chi connectivity index (χ2v) is 4.95. The van der Waals surface area contributed by atoms with Crippen LogP contribution in [0.3, 0.4) is 0 Å². The average molecular weight is 257 g/mol. The first kappa shape index (κ1) is 11.9. The van der Waals surface area contributed by atoms with Gasteiger partial charge in [0.25, 0.3) is 5.91 Å². The maximum absolute atomic E-state index is 12.5. The minimum atomic E-state index is -0.133. The van der Waals surface area contributed by atoms with Crippen molar-refractivity contribution >= 4 is 23.2 Å². The minimum absolute atomic E-state index is 0.0996. The molecule has 1 atom stereocenters. The van der Waals surface area contributed by atoms with E-state index in [1.165, 1.54) is 5.56 Å². The Bertz CT molecular complexity index is 580. The Morgan fingerprint density at radius 2 is 2.16 bits per heavy atom. The van der Waals surface area contributed by atoms with Gasteiger partial charge in [0.05, 0.1) is 0 Å². The smallest absolute Gasteiger partial charge is 0.274 e. The van der Waals surface area contributed by atoms with E-state index in [1.807, 2.05) is 31.2 Å². The number of carbonyl (C=O) groups is 2. The van der Waals surface area contributed by atoms with Gasteiger partial charge >= 0.3 is 0 Å². The lowest BCUT2D eigenvalue weighted by Crippen LogP contribution is -2.43. The number of hydrazone groups is 1. The third-order valence-corrected chi connectivity index (χ3v) is 3.58. The highest BCUT2D eigenvalue weighted by atomic mass is 16.2. The van der Waals surface area contributed by atoms with Gasteiger partial charge < -0.3 is 4.90 Å². The van der Waals surface area contributed by atoms with E-state index >= 15 is 0 Å². The maximum atomic E-state index is 12.5. The molecule has 0 saturated carbocycles. The zero-order chi connectivity index (χ0) is 13.4. The zero-order valence-electron chi connectivity index (χ0n) is 10.7. The van der Waals surface area contributed by atoms with Gasteiger partial charge in [-0.25, -0.2) is 5.43 Å². The van der Waals surface area contributed by atoms with Crippen LogP contribution in [0.5, 0.6) is 0 Å². The van der Waals surface area contributed by atoms with Crippen molar-refractivity contribution in [1.82, 2.24) is 5.43 Å². The van der Waals surface area contributed by atoms with Gasteiger partial charge in [-0.15, -0.1) is 0 Å². The molecule has 0 saturated heterocycles. The fourth-order valence-corrected chi connectivity index (χ4v) is 2.64. The molecule has 0 unspecified atom stereocenters. The first-order valence-corrected chi connectivity index (χ1v) is 6.43. The summed E-state index contributed by atoms with van der Waals surface area (Å²) in [6, 6.07) is 8.05. The van der Waals surface area contributed by atoms with E-state index in [0.29, 0.717) is 18.6 Å². The molecule has 0 radical (unpaired) electrons. The molecule has 0 aliphatic carbocycles. The summed E-state index contributed by atoms with van der Waals surface area (Å²) in [5.74, 6) is -0.233. The molecule has 2 aliphatic rings. The molecule has 2 heterocycles. The second-order valence-electron chi connectivity index (χ2n) is 4.95. The summed E-state index contributed by atoms with van der Waals surface area (Å²) >= 11 is 0. The number of nitrogens with zero attached hydrogens (tertiary/aromatic N) is 2. The molecule has 1 aromatic rings. The van der Waals surface area contributed by atoms with Gasteiger partial charge in [0.1, 0.15) is 5.71 Å². The third kappa shape index (κ3) is 2.01. The van der Waals surface area contributed by atoms with Crippen LogP contribution in [0.25, 0.3) is 0 Å². The molecule has 5 nitrogen and oxygen atoms in total. The van der Waals surface area contributed by atoms with Gasteiger partial charge in [0.15, 0.2) is 0 Å². The van der Waals surface area contributed by atoms with E-state index in [0.717, 1.165) is 12.1 Å². The number of nitrogens with one attached hydrogen (secondary N) is 1. The predicted molar refractivity (Wildman–Crippen MR) is 71.9 cm³/mol. The van der Waals surface area contributed by atoms with E-state index in [1.54, 1.807) is 4.90 Å². The summed E-state index contributed by atoms with van der Waals surface area (Å²) in [7, 11) is 0. The monoisotopic (exact) mass is 257 g/mol. The highest BCUT2D eigenvalue weighted by Gasteiger charge is 2.33. The number of hydrogen-bond donors (Lipinski definition) is 1. The number of amides is 2. The summed E-state index contributed by atoms with van der Waals surface area (Å²) in [6.07, 6.45) is 1.60. The average Bonchev–Trinajstić information content (AvgIpc) is 2.74. The molecule has 0 spiro atoms. The van der Waals surface area contributed by atoms with Crippen LogP contribution in [0.4, 0.5) is 5.69 Å². The lowest BCUT2D eigenvalue weighted by atomic mass is 10.1. The molecule has 1 aromatic carbocycles. The topological polar surface area (TPSA) is 61.8 Å². The Labute approximate surface area is 111 Å². The number of fused-ring (bicyclic) bond motifs is 1. The Hall–Kier alpha value is -2.17. The third-order valence-electron chi connectivity index (χ3n) is 3.58. The number of carbonyl (C=O) groups excluding carboxylic acids is 2. The molecule has 0 fully saturated rings. The fourth-order valence-electron chi connectivity index (χ4n) is 2.64. The van der Waals surface area contributed by atoms with E-state index in [4.69, 9.17) is 0 Å². The van der Waals surface area contributed by atoms with E-state index in [2.05, 4.69) is 10.5 Å². The van der Waals surface area contributed by atoms with Crippen molar-refractivity contribution in [3.05, 3.63) is 29.8 Å². The van der Waals surface area contributed by atoms with Crippen molar-refractivity contribution in [2.45, 2.75) is 32.2 Å². The summed E-state index contributed by atoms with van der Waals surface area (Å²) in [6.45, 7) is 2.03. The molecule has 3 rings (SSSR count). The zero-order valence-corrected chi connectivity index (χ0v) is 10.7. The lowest BCUT2D eigenvalue weighted by Gasteiger charge is -2.24. The number of hydrogen-bond acceptors (Lipinski definition) is 3. The summed E-state index contributed by atoms with van der Waals surface area (Å²) < 4.78 is 0. The predicted octanol–water partition coefficient (Wildman–Crippen LogP) is 1.23. The molecule has 0 bridgehead atoms. The first-order chi connectivity index (χ1) is 9.16. The van der Waals surface area contributed by atoms with Gasteiger partial charge in [0.2, 0.25) is 5.91 Å². The van der Waals surface area contributed by atoms with Crippen LogP contribution in [0.15, 0.2) is 29.4 Å². The van der Waals surface area contributed by atoms with Crippen molar-refractivity contribution in [2.24, 2.45) is 5.10 Å². The van der Waals surface area contributed by atoms with Crippen molar-refractivity contribution in [2.75, 3.05) is 4.90 Å². The van der Waals surface area contributed by atoms with Crippen LogP contribution in [0.2, 0.25) is 0 Å². The van der Waals surface area contributed by atoms with Crippen LogP contribution < -0.4 is 10.3 Å². The number of benzene rings is 1. The van der Waals surface area contributed by atoms with Gasteiger partial charge in [-0.2, -0.15) is 5.10 Å². The van der Waals surface area contributed by atoms with Gasteiger partial charge in [-0.05, 0) is 25.0 Å². The Balaban J connectivity index is 1.90. The van der Waals surface area contributed by atoms with Crippen LogP contribution in [0.1, 0.15) is 25.3 Å². The summed E-state index contributed by atoms with van der Waals surface area (Å²) in [5, 5.41) is 3.89. The number of anilines is 1. The van der Waals surface area contributed by atoms with Crippen LogP contribution in [-0.2, 0) is 16.0 Å². The highest BCUT2D eigenvalue weighted by Crippen LogP contribution is 2.32. The normalized spacial score (nSPS) is 21.7. The quantitative estimate of drug-likeness (QED) is 0.822. The van der Waals surface area contributed by atoms with Gasteiger partial charge in [-0.3, -0.25) is 9.59 Å². The Morgan fingerprint density at radius 3 is 2.89 bits per heavy atom. The number of rotatable bonds is 1. The maximum Gasteiger partial charge on any atom is 0.274 e. The van der Waals surface area contributed by atoms with Gasteiger partial charge in [-0.1, -0.05) is 18.2 Å². The van der Waals surface area contributed by atoms with Crippen molar-refractivity contribution < 1.29 is 9.59 Å². The summed E-state index contributed by atoms with van der Waals surface area (Å²) in [5.41, 5.74) is 4.95. The van der Waals surface area contributed by atoms with Crippen molar-refractivity contribution in [3.8, 4) is 0 Å². The molecule has 19 heavy (non-hydrogen) atoms. The van der Waals surface area contributed by atoms with Crippen molar-refractivity contribution in [1.29, 1.82) is 0 Å². The first-order valence-electron chi connectivity index (χ1n) is 6.43. The van der Waals surface area contributed by atoms with Crippen LogP contribution in [-0.4, -0.2) is 23.6 Å². The molecule has 2 amide bonds. The van der Waals surface area contributed by atoms with Crippen LogP contribution >= 0.6 is 0 Å². The molecular weight excluding hydrogens is 242 g/mol. The van der Waals surface area contributed by atoms with E-state index in [-0.39, 0.29) is 17.9 Å². The Kier molecular flexibility index (Phi) is 2.81. The number of para-hydroxylation sites is 1. The summed E-state index contributed by atoms with van der Waals surface area (Å²) in [4.78, 5) is 25.4. The molecule has 5 heteroatoms. The molecule has 2 aliphatic heterocycles. The SMILES string of the molecule is C[C@@H]1Cc2ccccc2N1C(=O)C1=NNC(=O)CC1. The van der Waals surface area contributed by atoms with Crippen molar-refractivity contribution in [3.63, 3.8) is 0 Å². The van der Waals surface area contributed by atoms with E-state index < -0.39 is 0 Å². The Morgan fingerprint density at radius 1 is 1.37 bits per heavy atom. The standard InChI is InChI=1S/C14H15N3O2/c1-9-8-10-4-2-3-5-12(10)17(9)14(19)11-6-7-13(18)16-15-11/h2-5,9H,6-8H2,1H3,(H,16,18)/t9-/m1/s1. The molecular formula is C14H15N3O2. The molecule has 98 valence electrons. The van der Waals surface area contributed by atoms with E-state index in [9.17, 15) is 9.59 Å².